The van der Waals surface area contributed by atoms with Crippen molar-refractivity contribution in [3.05, 3.63) is 99.2 Å². The van der Waals surface area contributed by atoms with Gasteiger partial charge < -0.3 is 10.3 Å². The monoisotopic (exact) mass is 411 g/mol. The molecule has 0 aliphatic carbocycles. The molecule has 30 heavy (non-hydrogen) atoms. The number of carbonyl (C=O) groups excluding carboxylic acids is 1. The maximum absolute atomic E-state index is 12.9. The highest BCUT2D eigenvalue weighted by Crippen LogP contribution is 2.31. The fourth-order valence-corrected chi connectivity index (χ4v) is 2.83. The Morgan fingerprint density at radius 1 is 1.13 bits per heavy atom. The second-order valence-corrected chi connectivity index (χ2v) is 6.28. The van der Waals surface area contributed by atoms with E-state index in [1.54, 1.807) is 19.1 Å². The third-order valence-corrected chi connectivity index (χ3v) is 4.26. The fraction of sp³-hybridized carbons (Fsp3) is 0.136. The van der Waals surface area contributed by atoms with Crippen molar-refractivity contribution in [2.24, 2.45) is 0 Å². The van der Waals surface area contributed by atoms with Gasteiger partial charge >= 0.3 is 6.18 Å². The van der Waals surface area contributed by atoms with Crippen molar-refractivity contribution in [1.82, 2.24) is 15.3 Å². The lowest BCUT2D eigenvalue weighted by Crippen LogP contribution is -2.31. The van der Waals surface area contributed by atoms with Crippen LogP contribution in [0.1, 0.15) is 45.7 Å². The second-order valence-electron chi connectivity index (χ2n) is 6.28. The number of rotatable bonds is 4. The molecule has 1 aromatic carbocycles. The minimum Gasteiger partial charge on any atom is -0.339 e. The summed E-state index contributed by atoms with van der Waals surface area (Å²) in [5.74, 6) is 5.12. The van der Waals surface area contributed by atoms with Crippen LogP contribution in [-0.2, 0) is 6.18 Å². The molecule has 5 nitrogen and oxygen atoms in total. The van der Waals surface area contributed by atoms with Crippen LogP contribution in [0, 0.1) is 11.8 Å². The van der Waals surface area contributed by atoms with Gasteiger partial charge in [-0.15, -0.1) is 5.92 Å². The van der Waals surface area contributed by atoms with E-state index in [4.69, 9.17) is 0 Å². The predicted molar refractivity (Wildman–Crippen MR) is 105 cm³/mol. The van der Waals surface area contributed by atoms with Gasteiger partial charge in [0.1, 0.15) is 0 Å². The number of amides is 1. The molecule has 2 heterocycles. The molecule has 0 aliphatic heterocycles. The Labute approximate surface area is 170 Å². The highest BCUT2D eigenvalue weighted by Gasteiger charge is 2.31. The van der Waals surface area contributed by atoms with Crippen LogP contribution >= 0.6 is 0 Å². The summed E-state index contributed by atoms with van der Waals surface area (Å²) in [7, 11) is 0. The number of carbonyl (C=O) groups is 1. The van der Waals surface area contributed by atoms with Crippen molar-refractivity contribution < 1.29 is 18.0 Å². The lowest BCUT2D eigenvalue weighted by molar-refractivity contribution is -0.137. The maximum atomic E-state index is 12.9. The van der Waals surface area contributed by atoms with Crippen LogP contribution in [0.2, 0.25) is 0 Å². The summed E-state index contributed by atoms with van der Waals surface area (Å²) in [5.41, 5.74) is 0.350. The molecule has 3 aromatic rings. The van der Waals surface area contributed by atoms with Gasteiger partial charge in [-0.25, -0.2) is 0 Å². The third kappa shape index (κ3) is 4.75. The molecule has 2 aromatic heterocycles. The van der Waals surface area contributed by atoms with E-state index in [1.807, 2.05) is 0 Å². The van der Waals surface area contributed by atoms with E-state index >= 15 is 0 Å². The van der Waals surface area contributed by atoms with Crippen molar-refractivity contribution in [2.75, 3.05) is 0 Å². The number of H-pyrrole nitrogens is 1. The summed E-state index contributed by atoms with van der Waals surface area (Å²) in [6.45, 7) is 1.64. The summed E-state index contributed by atoms with van der Waals surface area (Å²) in [6.07, 6.45) is -1.71. The van der Waals surface area contributed by atoms with E-state index in [1.165, 1.54) is 36.7 Å². The second kappa shape index (κ2) is 8.66. The number of nitrogens with one attached hydrogen (secondary N) is 2. The number of aromatic amines is 1. The molecule has 0 unspecified atom stereocenters. The highest BCUT2D eigenvalue weighted by atomic mass is 19.4. The summed E-state index contributed by atoms with van der Waals surface area (Å²) in [4.78, 5) is 30.7. The Morgan fingerprint density at radius 2 is 1.87 bits per heavy atom. The highest BCUT2D eigenvalue weighted by molar-refractivity contribution is 5.94. The lowest BCUT2D eigenvalue weighted by atomic mass is 9.97. The molecule has 2 N–H and O–H groups in total. The molecule has 3 rings (SSSR count). The van der Waals surface area contributed by atoms with Gasteiger partial charge in [0.25, 0.3) is 5.91 Å². The van der Waals surface area contributed by atoms with Crippen molar-refractivity contribution >= 4 is 5.91 Å². The molecule has 0 saturated carbocycles. The fourth-order valence-electron chi connectivity index (χ4n) is 2.83. The first-order valence-corrected chi connectivity index (χ1v) is 8.84. The van der Waals surface area contributed by atoms with Gasteiger partial charge in [-0.2, -0.15) is 13.2 Å². The van der Waals surface area contributed by atoms with E-state index in [-0.39, 0.29) is 11.1 Å². The molecular weight excluding hydrogens is 395 g/mol. The van der Waals surface area contributed by atoms with Gasteiger partial charge in [0.15, 0.2) is 0 Å². The van der Waals surface area contributed by atoms with Crippen LogP contribution < -0.4 is 10.9 Å². The van der Waals surface area contributed by atoms with Crippen LogP contribution in [-0.4, -0.2) is 15.9 Å². The van der Waals surface area contributed by atoms with Gasteiger partial charge in [-0.1, -0.05) is 18.1 Å². The summed E-state index contributed by atoms with van der Waals surface area (Å²) in [6, 6.07) is 9.56. The van der Waals surface area contributed by atoms with Gasteiger partial charge in [-0.3, -0.25) is 14.6 Å². The quantitative estimate of drug-likeness (QED) is 0.644. The SMILES string of the molecule is CC#Cc1cccnc1[C@@H](NC(=O)c1ccc(=O)[nH]c1)c1ccc(C(F)(F)F)cc1. The first-order chi connectivity index (χ1) is 14.3. The molecule has 1 atom stereocenters. The zero-order valence-electron chi connectivity index (χ0n) is 15.7. The summed E-state index contributed by atoms with van der Waals surface area (Å²) >= 11 is 0. The van der Waals surface area contributed by atoms with E-state index in [9.17, 15) is 22.8 Å². The first kappa shape index (κ1) is 20.9. The summed E-state index contributed by atoms with van der Waals surface area (Å²) in [5, 5.41) is 2.77. The van der Waals surface area contributed by atoms with E-state index in [0.29, 0.717) is 16.8 Å². The van der Waals surface area contributed by atoms with Crippen LogP contribution in [0.15, 0.2) is 65.7 Å². The smallest absolute Gasteiger partial charge is 0.339 e. The summed E-state index contributed by atoms with van der Waals surface area (Å²) < 4.78 is 38.8. The number of aromatic nitrogens is 2. The van der Waals surface area contributed by atoms with Gasteiger partial charge in [-0.05, 0) is 42.8 Å². The predicted octanol–water partition coefficient (Wildman–Crippen LogP) is 3.68. The largest absolute Gasteiger partial charge is 0.416 e. The molecule has 8 heteroatoms. The number of hydrogen-bond acceptors (Lipinski definition) is 3. The van der Waals surface area contributed by atoms with Gasteiger partial charge in [0.05, 0.1) is 22.9 Å². The molecule has 0 bridgehead atoms. The average molecular weight is 411 g/mol. The Bertz CT molecular complexity index is 1150. The Hall–Kier alpha value is -3.86. The zero-order chi connectivity index (χ0) is 21.7. The number of benzene rings is 1. The molecule has 0 radical (unpaired) electrons. The van der Waals surface area contributed by atoms with Crippen molar-refractivity contribution in [3.8, 4) is 11.8 Å². The van der Waals surface area contributed by atoms with Crippen LogP contribution in [0.5, 0.6) is 0 Å². The van der Waals surface area contributed by atoms with Gasteiger partial charge in [0.2, 0.25) is 5.56 Å². The number of nitrogens with zero attached hydrogens (tertiary/aromatic N) is 1. The molecular formula is C22H16F3N3O2. The number of alkyl halides is 3. The molecule has 152 valence electrons. The van der Waals surface area contributed by atoms with E-state index in [0.717, 1.165) is 12.1 Å². The molecule has 0 aliphatic rings. The van der Waals surface area contributed by atoms with E-state index in [2.05, 4.69) is 27.1 Å². The Morgan fingerprint density at radius 3 is 2.47 bits per heavy atom. The van der Waals surface area contributed by atoms with Crippen molar-refractivity contribution in [1.29, 1.82) is 0 Å². The van der Waals surface area contributed by atoms with Crippen LogP contribution in [0.25, 0.3) is 0 Å². The minimum absolute atomic E-state index is 0.186. The lowest BCUT2D eigenvalue weighted by Gasteiger charge is -2.21. The van der Waals surface area contributed by atoms with Crippen LogP contribution in [0.4, 0.5) is 13.2 Å². The number of hydrogen-bond donors (Lipinski definition) is 2. The number of halogens is 3. The van der Waals surface area contributed by atoms with Crippen molar-refractivity contribution in [3.63, 3.8) is 0 Å². The van der Waals surface area contributed by atoms with E-state index < -0.39 is 23.7 Å². The Balaban J connectivity index is 2.05. The standard InChI is InChI=1S/C22H16F3N3O2/c1-2-4-14-5-3-12-26-19(14)20(15-6-9-17(10-7-15)22(23,24)25)28-21(30)16-8-11-18(29)27-13-16/h3,5-13,20H,1H3,(H,27,29)(H,28,30)/t20-/m0/s1. The maximum Gasteiger partial charge on any atom is 0.416 e. The molecule has 1 amide bonds. The number of pyridine rings is 2. The topological polar surface area (TPSA) is 74.8 Å². The Kier molecular flexibility index (Phi) is 6.02. The van der Waals surface area contributed by atoms with Crippen LogP contribution in [0.3, 0.4) is 0 Å². The molecule has 0 saturated heterocycles. The average Bonchev–Trinajstić information content (AvgIpc) is 2.73. The minimum atomic E-state index is -4.48. The zero-order valence-corrected chi connectivity index (χ0v) is 15.7. The van der Waals surface area contributed by atoms with Crippen molar-refractivity contribution in [2.45, 2.75) is 19.1 Å². The van der Waals surface area contributed by atoms with Gasteiger partial charge in [0, 0.05) is 24.0 Å². The molecule has 0 fully saturated rings. The third-order valence-electron chi connectivity index (χ3n) is 4.26. The normalized spacial score (nSPS) is 11.9. The first-order valence-electron chi connectivity index (χ1n) is 8.84. The molecule has 0 spiro atoms.